The van der Waals surface area contributed by atoms with Crippen LogP contribution in [0.2, 0.25) is 0 Å². The average Bonchev–Trinajstić information content (AvgIpc) is 2.60. The molecule has 0 atom stereocenters. The summed E-state index contributed by atoms with van der Waals surface area (Å²) in [6.45, 7) is 6.96. The van der Waals surface area contributed by atoms with Crippen molar-refractivity contribution in [3.8, 4) is 11.1 Å². The third kappa shape index (κ3) is 5.34. The van der Waals surface area contributed by atoms with Crippen LogP contribution in [0.25, 0.3) is 11.1 Å². The van der Waals surface area contributed by atoms with Crippen molar-refractivity contribution in [2.75, 3.05) is 0 Å². The second-order valence-corrected chi connectivity index (χ2v) is 8.50. The Balaban J connectivity index is 1.55. The molecule has 30 heavy (non-hydrogen) atoms. The number of esters is 1. The first-order valence-electron chi connectivity index (χ1n) is 9.78. The molecular formula is C23H25F2NO4. The predicted octanol–water partition coefficient (Wildman–Crippen LogP) is 5.15. The lowest BCUT2D eigenvalue weighted by Crippen LogP contribution is -2.49. The summed E-state index contributed by atoms with van der Waals surface area (Å²) in [5.74, 6) is -1.88. The molecule has 0 aromatic heterocycles. The van der Waals surface area contributed by atoms with E-state index in [1.54, 1.807) is 45.9 Å². The van der Waals surface area contributed by atoms with Gasteiger partial charge in [0.1, 0.15) is 23.3 Å². The zero-order chi connectivity index (χ0) is 22.1. The van der Waals surface area contributed by atoms with E-state index in [1.165, 1.54) is 18.2 Å². The SMILES string of the molecule is Cc1ccc(-c2ccc(C(=O)OC3CC(NC(=O)OC(C)(C)C)C3)c(F)c2)cc1F. The van der Waals surface area contributed by atoms with Gasteiger partial charge in [0.2, 0.25) is 0 Å². The van der Waals surface area contributed by atoms with E-state index in [0.29, 0.717) is 29.5 Å². The van der Waals surface area contributed by atoms with Crippen molar-refractivity contribution in [2.45, 2.75) is 58.3 Å². The molecule has 1 saturated carbocycles. The number of amides is 1. The number of nitrogens with one attached hydrogen (secondary N) is 1. The molecule has 0 aliphatic heterocycles. The maximum absolute atomic E-state index is 14.5. The van der Waals surface area contributed by atoms with E-state index < -0.39 is 29.6 Å². The van der Waals surface area contributed by atoms with Crippen LogP contribution >= 0.6 is 0 Å². The Labute approximate surface area is 174 Å². The molecule has 0 bridgehead atoms. The highest BCUT2D eigenvalue weighted by Crippen LogP contribution is 2.27. The van der Waals surface area contributed by atoms with Crippen LogP contribution in [0.4, 0.5) is 13.6 Å². The molecule has 2 aromatic carbocycles. The fourth-order valence-corrected chi connectivity index (χ4v) is 3.10. The van der Waals surface area contributed by atoms with E-state index in [0.717, 1.165) is 0 Å². The molecule has 1 fully saturated rings. The van der Waals surface area contributed by atoms with Crippen molar-refractivity contribution < 1.29 is 27.8 Å². The van der Waals surface area contributed by atoms with Crippen LogP contribution < -0.4 is 5.32 Å². The number of hydrogen-bond acceptors (Lipinski definition) is 4. The van der Waals surface area contributed by atoms with Gasteiger partial charge in [-0.15, -0.1) is 0 Å². The Bertz CT molecular complexity index is 962. The summed E-state index contributed by atoms with van der Waals surface area (Å²) in [6.07, 6.45) is -0.0464. The minimum Gasteiger partial charge on any atom is -0.459 e. The van der Waals surface area contributed by atoms with Crippen molar-refractivity contribution in [3.05, 3.63) is 59.2 Å². The molecule has 5 nitrogen and oxygen atoms in total. The van der Waals surface area contributed by atoms with Gasteiger partial charge in [-0.05, 0) is 62.6 Å². The fraction of sp³-hybridized carbons (Fsp3) is 0.391. The van der Waals surface area contributed by atoms with Crippen LogP contribution in [-0.4, -0.2) is 29.8 Å². The van der Waals surface area contributed by atoms with E-state index in [1.807, 2.05) is 0 Å². The first-order valence-corrected chi connectivity index (χ1v) is 9.78. The standard InChI is InChI=1S/C23H25F2NO4/c1-13-5-6-14(9-19(13)24)15-7-8-18(20(25)10-15)21(27)29-17-11-16(12-17)26-22(28)30-23(2,3)4/h5-10,16-17H,11-12H2,1-4H3,(H,26,28). The van der Waals surface area contributed by atoms with Crippen LogP contribution in [-0.2, 0) is 9.47 Å². The lowest BCUT2D eigenvalue weighted by Gasteiger charge is -2.35. The lowest BCUT2D eigenvalue weighted by atomic mass is 9.89. The highest BCUT2D eigenvalue weighted by molar-refractivity contribution is 5.90. The third-order valence-corrected chi connectivity index (χ3v) is 4.78. The van der Waals surface area contributed by atoms with Gasteiger partial charge in [0.15, 0.2) is 0 Å². The number of alkyl carbamates (subject to hydrolysis) is 1. The van der Waals surface area contributed by atoms with Crippen molar-refractivity contribution >= 4 is 12.1 Å². The highest BCUT2D eigenvalue weighted by atomic mass is 19.1. The molecule has 1 N–H and O–H groups in total. The average molecular weight is 417 g/mol. The van der Waals surface area contributed by atoms with Gasteiger partial charge in [-0.25, -0.2) is 18.4 Å². The number of rotatable bonds is 4. The summed E-state index contributed by atoms with van der Waals surface area (Å²) >= 11 is 0. The fourth-order valence-electron chi connectivity index (χ4n) is 3.10. The first kappa shape index (κ1) is 21.7. The normalized spacial score (nSPS) is 18.3. The van der Waals surface area contributed by atoms with E-state index in [9.17, 15) is 18.4 Å². The molecule has 1 aliphatic rings. The van der Waals surface area contributed by atoms with Gasteiger partial charge < -0.3 is 14.8 Å². The Morgan fingerprint density at radius 1 is 1.00 bits per heavy atom. The lowest BCUT2D eigenvalue weighted by molar-refractivity contribution is -0.00524. The summed E-state index contributed by atoms with van der Waals surface area (Å²) in [5.41, 5.74) is 0.711. The summed E-state index contributed by atoms with van der Waals surface area (Å²) in [5, 5.41) is 2.70. The summed E-state index contributed by atoms with van der Waals surface area (Å²) < 4.78 is 38.7. The van der Waals surface area contributed by atoms with Crippen LogP contribution in [0, 0.1) is 18.6 Å². The molecule has 160 valence electrons. The van der Waals surface area contributed by atoms with Gasteiger partial charge in [-0.1, -0.05) is 18.2 Å². The number of benzene rings is 2. The van der Waals surface area contributed by atoms with Gasteiger partial charge in [0.25, 0.3) is 0 Å². The minimum absolute atomic E-state index is 0.152. The Hall–Kier alpha value is -2.96. The molecule has 1 amide bonds. The smallest absolute Gasteiger partial charge is 0.407 e. The quantitative estimate of drug-likeness (QED) is 0.699. The van der Waals surface area contributed by atoms with Crippen molar-refractivity contribution in [2.24, 2.45) is 0 Å². The van der Waals surface area contributed by atoms with Gasteiger partial charge >= 0.3 is 12.1 Å². The molecule has 2 aromatic rings. The minimum atomic E-state index is -0.769. The zero-order valence-corrected chi connectivity index (χ0v) is 17.4. The predicted molar refractivity (Wildman–Crippen MR) is 108 cm³/mol. The van der Waals surface area contributed by atoms with Crippen molar-refractivity contribution in [1.29, 1.82) is 0 Å². The van der Waals surface area contributed by atoms with Gasteiger partial charge in [-0.2, -0.15) is 0 Å². The molecule has 0 radical (unpaired) electrons. The third-order valence-electron chi connectivity index (χ3n) is 4.78. The molecular weight excluding hydrogens is 392 g/mol. The summed E-state index contributed by atoms with van der Waals surface area (Å²) in [4.78, 5) is 24.0. The van der Waals surface area contributed by atoms with Gasteiger partial charge in [-0.3, -0.25) is 0 Å². The number of carbonyl (C=O) groups excluding carboxylic acids is 2. The second kappa shape index (κ2) is 8.42. The monoisotopic (exact) mass is 417 g/mol. The van der Waals surface area contributed by atoms with Crippen LogP contribution in [0.1, 0.15) is 49.5 Å². The van der Waals surface area contributed by atoms with Crippen molar-refractivity contribution in [3.63, 3.8) is 0 Å². The number of aryl methyl sites for hydroxylation is 1. The molecule has 7 heteroatoms. The molecule has 0 saturated heterocycles. The highest BCUT2D eigenvalue weighted by Gasteiger charge is 2.35. The van der Waals surface area contributed by atoms with Crippen LogP contribution in [0.15, 0.2) is 36.4 Å². The Morgan fingerprint density at radius 2 is 1.60 bits per heavy atom. The van der Waals surface area contributed by atoms with E-state index in [-0.39, 0.29) is 17.4 Å². The van der Waals surface area contributed by atoms with E-state index in [4.69, 9.17) is 9.47 Å². The topological polar surface area (TPSA) is 64.6 Å². The van der Waals surface area contributed by atoms with Gasteiger partial charge in [0, 0.05) is 18.9 Å². The molecule has 1 aliphatic carbocycles. The largest absolute Gasteiger partial charge is 0.459 e. The Morgan fingerprint density at radius 3 is 2.17 bits per heavy atom. The molecule has 0 unspecified atom stereocenters. The summed E-state index contributed by atoms with van der Waals surface area (Å²) in [7, 11) is 0. The molecule has 3 rings (SSSR count). The second-order valence-electron chi connectivity index (χ2n) is 8.50. The first-order chi connectivity index (χ1) is 14.0. The van der Waals surface area contributed by atoms with Gasteiger partial charge in [0.05, 0.1) is 5.56 Å². The van der Waals surface area contributed by atoms with E-state index in [2.05, 4.69) is 5.32 Å². The zero-order valence-electron chi connectivity index (χ0n) is 17.4. The van der Waals surface area contributed by atoms with E-state index >= 15 is 0 Å². The molecule has 0 heterocycles. The van der Waals surface area contributed by atoms with Crippen molar-refractivity contribution in [1.82, 2.24) is 5.32 Å². The van der Waals surface area contributed by atoms with Crippen LogP contribution in [0.5, 0.6) is 0 Å². The maximum atomic E-state index is 14.5. The number of carbonyl (C=O) groups is 2. The number of hydrogen-bond donors (Lipinski definition) is 1. The maximum Gasteiger partial charge on any atom is 0.407 e. The summed E-state index contributed by atoms with van der Waals surface area (Å²) in [6, 6.07) is 8.56. The number of ether oxygens (including phenoxy) is 2. The molecule has 0 spiro atoms. The van der Waals surface area contributed by atoms with Crippen LogP contribution in [0.3, 0.4) is 0 Å². The number of halogens is 2. The Kier molecular flexibility index (Phi) is 6.10.